The van der Waals surface area contributed by atoms with Gasteiger partial charge in [0.1, 0.15) is 34.5 Å². The van der Waals surface area contributed by atoms with Gasteiger partial charge in [-0.1, -0.05) is 24.3 Å². The number of phenols is 6. The molecule has 0 fully saturated rings. The van der Waals surface area contributed by atoms with E-state index in [-0.39, 0.29) is 58.2 Å². The molecule has 4 aromatic carbocycles. The summed E-state index contributed by atoms with van der Waals surface area (Å²) >= 11 is 0. The van der Waals surface area contributed by atoms with Gasteiger partial charge in [-0.2, -0.15) is 0 Å². The molecule has 6 rings (SSSR count). The molecule has 0 saturated carbocycles. The Morgan fingerprint density at radius 1 is 0.412 bits per heavy atom. The summed E-state index contributed by atoms with van der Waals surface area (Å²) < 4.78 is 0. The largest absolute Gasteiger partial charge is 0.508 e. The standard InChI is InChI=1S/C28H22O6/c29-15-5-1-13(2-6-15)23-19-9-17(31)12-22(34)26(19)28-24(14-3-7-16(30)8-4-14)25-20(27(23)28)10-18(32)11-21(25)33/h1-12,23-24,27-34H. The van der Waals surface area contributed by atoms with Gasteiger partial charge >= 0.3 is 0 Å². The topological polar surface area (TPSA) is 121 Å². The van der Waals surface area contributed by atoms with Crippen molar-refractivity contribution >= 4 is 0 Å². The Morgan fingerprint density at radius 2 is 0.882 bits per heavy atom. The van der Waals surface area contributed by atoms with Crippen LogP contribution in [-0.4, -0.2) is 30.6 Å². The highest BCUT2D eigenvalue weighted by Gasteiger charge is 2.54. The fourth-order valence-electron chi connectivity index (χ4n) is 6.16. The summed E-state index contributed by atoms with van der Waals surface area (Å²) in [5, 5.41) is 62.4. The van der Waals surface area contributed by atoms with E-state index in [1.165, 1.54) is 12.1 Å². The van der Waals surface area contributed by atoms with Gasteiger partial charge in [0.15, 0.2) is 0 Å². The van der Waals surface area contributed by atoms with Crippen molar-refractivity contribution in [3.63, 3.8) is 0 Å². The van der Waals surface area contributed by atoms with Crippen LogP contribution >= 0.6 is 0 Å². The Bertz CT molecular complexity index is 1430. The van der Waals surface area contributed by atoms with Crippen LogP contribution in [0.25, 0.3) is 0 Å². The summed E-state index contributed by atoms with van der Waals surface area (Å²) in [5.74, 6) is -1.18. The first-order valence-electron chi connectivity index (χ1n) is 11.0. The van der Waals surface area contributed by atoms with Crippen molar-refractivity contribution in [2.75, 3.05) is 0 Å². The van der Waals surface area contributed by atoms with Gasteiger partial charge in [0.25, 0.3) is 0 Å². The minimum absolute atomic E-state index is 0.0354. The van der Waals surface area contributed by atoms with Crippen molar-refractivity contribution in [1.29, 1.82) is 0 Å². The van der Waals surface area contributed by atoms with Gasteiger partial charge in [0.2, 0.25) is 0 Å². The van der Waals surface area contributed by atoms with Crippen LogP contribution in [0.5, 0.6) is 34.5 Å². The summed E-state index contributed by atoms with van der Waals surface area (Å²) in [6, 6.07) is 19.5. The monoisotopic (exact) mass is 454 g/mol. The number of rotatable bonds is 2. The van der Waals surface area contributed by atoms with Crippen LogP contribution in [0.1, 0.15) is 57.1 Å². The molecule has 4 aromatic rings. The van der Waals surface area contributed by atoms with E-state index in [1.54, 1.807) is 48.5 Å². The van der Waals surface area contributed by atoms with E-state index in [0.717, 1.165) is 22.3 Å². The molecule has 34 heavy (non-hydrogen) atoms. The molecule has 4 atom stereocenters. The zero-order chi connectivity index (χ0) is 23.7. The molecular weight excluding hydrogens is 432 g/mol. The molecule has 0 saturated heterocycles. The Hall–Kier alpha value is -4.32. The third-order valence-corrected chi connectivity index (χ3v) is 7.30. The lowest BCUT2D eigenvalue weighted by molar-refractivity contribution is 0.435. The van der Waals surface area contributed by atoms with E-state index < -0.39 is 0 Å². The maximum Gasteiger partial charge on any atom is 0.123 e. The van der Waals surface area contributed by atoms with Gasteiger partial charge in [-0.15, -0.1) is 0 Å². The second-order valence-electron chi connectivity index (χ2n) is 9.13. The number of fused-ring (bicyclic) bond motifs is 5. The van der Waals surface area contributed by atoms with Crippen molar-refractivity contribution in [2.45, 2.75) is 23.7 Å². The van der Waals surface area contributed by atoms with Crippen LogP contribution in [0, 0.1) is 0 Å². The zero-order valence-corrected chi connectivity index (χ0v) is 17.9. The zero-order valence-electron chi connectivity index (χ0n) is 17.9. The second-order valence-corrected chi connectivity index (χ2v) is 9.13. The molecule has 0 heterocycles. The summed E-state index contributed by atoms with van der Waals surface area (Å²) in [6.07, 6.45) is 0. The quantitative estimate of drug-likeness (QED) is 0.251. The summed E-state index contributed by atoms with van der Waals surface area (Å²) in [4.78, 5) is 0. The fraction of sp³-hybridized carbons (Fsp3) is 0.143. The Balaban J connectivity index is 1.67. The SMILES string of the molecule is Oc1ccc(C2c3cc(O)cc(O)c3C3C(c4ccc(O)cc4)c4c(O)cc(O)cc4C23)cc1. The highest BCUT2D eigenvalue weighted by molar-refractivity contribution is 5.68. The second kappa shape index (κ2) is 7.09. The van der Waals surface area contributed by atoms with Crippen LogP contribution in [0.4, 0.5) is 0 Å². The highest BCUT2D eigenvalue weighted by Crippen LogP contribution is 2.69. The number of phenolic OH excluding ortho intramolecular Hbond substituents is 6. The molecule has 2 aliphatic carbocycles. The first-order valence-corrected chi connectivity index (χ1v) is 11.0. The van der Waals surface area contributed by atoms with Gasteiger partial charge < -0.3 is 30.6 Å². The first-order chi connectivity index (χ1) is 16.3. The lowest BCUT2D eigenvalue weighted by Crippen LogP contribution is -2.10. The Labute approximate surface area is 195 Å². The normalized spacial score (nSPS) is 22.2. The van der Waals surface area contributed by atoms with Crippen molar-refractivity contribution in [3.8, 4) is 34.5 Å². The van der Waals surface area contributed by atoms with Crippen LogP contribution in [-0.2, 0) is 0 Å². The maximum atomic E-state index is 11.0. The number of benzene rings is 4. The highest BCUT2D eigenvalue weighted by atomic mass is 16.3. The lowest BCUT2D eigenvalue weighted by Gasteiger charge is -2.23. The smallest absolute Gasteiger partial charge is 0.123 e. The van der Waals surface area contributed by atoms with Crippen molar-refractivity contribution in [3.05, 3.63) is 106 Å². The Kier molecular flexibility index (Phi) is 4.23. The van der Waals surface area contributed by atoms with E-state index >= 15 is 0 Å². The number of aromatic hydroxyl groups is 6. The number of hydrogen-bond donors (Lipinski definition) is 6. The van der Waals surface area contributed by atoms with Crippen LogP contribution in [0.3, 0.4) is 0 Å². The molecular formula is C28H22O6. The van der Waals surface area contributed by atoms with Crippen molar-refractivity contribution < 1.29 is 30.6 Å². The van der Waals surface area contributed by atoms with E-state index in [0.29, 0.717) is 11.1 Å². The summed E-state index contributed by atoms with van der Waals surface area (Å²) in [7, 11) is 0. The third kappa shape index (κ3) is 2.81. The van der Waals surface area contributed by atoms with Gasteiger partial charge in [0, 0.05) is 46.9 Å². The first kappa shape index (κ1) is 20.3. The van der Waals surface area contributed by atoms with Gasteiger partial charge in [-0.3, -0.25) is 0 Å². The molecule has 2 aliphatic rings. The molecule has 0 amide bonds. The van der Waals surface area contributed by atoms with Crippen LogP contribution in [0.15, 0.2) is 72.8 Å². The van der Waals surface area contributed by atoms with Crippen LogP contribution in [0.2, 0.25) is 0 Å². The van der Waals surface area contributed by atoms with E-state index in [1.807, 2.05) is 12.1 Å². The minimum Gasteiger partial charge on any atom is -0.508 e. The van der Waals surface area contributed by atoms with Crippen LogP contribution < -0.4 is 0 Å². The number of hydrogen-bond acceptors (Lipinski definition) is 6. The average molecular weight is 454 g/mol. The molecule has 6 nitrogen and oxygen atoms in total. The summed E-state index contributed by atoms with van der Waals surface area (Å²) in [6.45, 7) is 0. The molecule has 0 aromatic heterocycles. The molecule has 0 bridgehead atoms. The maximum absolute atomic E-state index is 11.0. The van der Waals surface area contributed by atoms with Crippen molar-refractivity contribution in [2.24, 2.45) is 0 Å². The molecule has 4 unspecified atom stereocenters. The molecule has 0 radical (unpaired) electrons. The van der Waals surface area contributed by atoms with Crippen molar-refractivity contribution in [1.82, 2.24) is 0 Å². The van der Waals surface area contributed by atoms with Gasteiger partial charge in [-0.25, -0.2) is 0 Å². The predicted molar refractivity (Wildman–Crippen MR) is 125 cm³/mol. The molecule has 0 spiro atoms. The van der Waals surface area contributed by atoms with E-state index in [2.05, 4.69) is 0 Å². The van der Waals surface area contributed by atoms with E-state index in [4.69, 9.17) is 0 Å². The average Bonchev–Trinajstić information content (AvgIpc) is 3.28. The molecule has 0 aliphatic heterocycles. The summed E-state index contributed by atoms with van der Waals surface area (Å²) in [5.41, 5.74) is 4.58. The molecule has 170 valence electrons. The van der Waals surface area contributed by atoms with Gasteiger partial charge in [-0.05, 0) is 58.7 Å². The molecule has 6 heteroatoms. The predicted octanol–water partition coefficient (Wildman–Crippen LogP) is 5.08. The minimum atomic E-state index is -0.363. The van der Waals surface area contributed by atoms with Gasteiger partial charge in [0.05, 0.1) is 0 Å². The fourth-order valence-corrected chi connectivity index (χ4v) is 6.16. The van der Waals surface area contributed by atoms with E-state index in [9.17, 15) is 30.6 Å². The molecule has 6 N–H and O–H groups in total. The third-order valence-electron chi connectivity index (χ3n) is 7.30. The lowest BCUT2D eigenvalue weighted by atomic mass is 9.79. The Morgan fingerprint density at radius 3 is 1.44 bits per heavy atom.